The van der Waals surface area contributed by atoms with E-state index in [0.717, 1.165) is 29.3 Å². The van der Waals surface area contributed by atoms with Crippen molar-refractivity contribution in [3.63, 3.8) is 0 Å². The van der Waals surface area contributed by atoms with E-state index in [1.54, 1.807) is 28.4 Å². The fraction of sp³-hybridized carbons (Fsp3) is 0.400. The lowest BCUT2D eigenvalue weighted by atomic mass is 9.84. The van der Waals surface area contributed by atoms with E-state index in [1.165, 1.54) is 0 Å². The van der Waals surface area contributed by atoms with Crippen molar-refractivity contribution < 1.29 is 18.9 Å². The van der Waals surface area contributed by atoms with Gasteiger partial charge in [-0.2, -0.15) is 0 Å². The molecule has 0 unspecified atom stereocenters. The molecule has 2 aromatic carbocycles. The maximum atomic E-state index is 5.41. The maximum absolute atomic E-state index is 5.41. The van der Waals surface area contributed by atoms with Crippen molar-refractivity contribution in [3.8, 4) is 23.0 Å². The minimum absolute atomic E-state index is 0.104. The lowest BCUT2D eigenvalue weighted by Gasteiger charge is -2.27. The minimum atomic E-state index is -0.104. The van der Waals surface area contributed by atoms with E-state index in [9.17, 15) is 0 Å². The number of rotatable bonds is 8. The van der Waals surface area contributed by atoms with Crippen LogP contribution >= 0.6 is 0 Å². The molecule has 136 valence electrons. The molecule has 0 heterocycles. The van der Waals surface area contributed by atoms with Crippen LogP contribution in [0.2, 0.25) is 0 Å². The summed E-state index contributed by atoms with van der Waals surface area (Å²) in [5.74, 6) is 2.89. The fourth-order valence-corrected chi connectivity index (χ4v) is 2.63. The lowest BCUT2D eigenvalue weighted by molar-refractivity contribution is 0.353. The number of hydrogen-bond donors (Lipinski definition) is 1. The van der Waals surface area contributed by atoms with Crippen LogP contribution in [0.5, 0.6) is 23.0 Å². The summed E-state index contributed by atoms with van der Waals surface area (Å²) in [6.07, 6.45) is 0. The lowest BCUT2D eigenvalue weighted by Crippen LogP contribution is -2.27. The predicted octanol–water partition coefficient (Wildman–Crippen LogP) is 4.11. The maximum Gasteiger partial charge on any atom is 0.162 e. The van der Waals surface area contributed by atoms with E-state index in [-0.39, 0.29) is 5.41 Å². The summed E-state index contributed by atoms with van der Waals surface area (Å²) in [5.41, 5.74) is 2.04. The highest BCUT2D eigenvalue weighted by atomic mass is 16.5. The molecule has 0 saturated heterocycles. The fourth-order valence-electron chi connectivity index (χ4n) is 2.63. The first kappa shape index (κ1) is 18.8. The third kappa shape index (κ3) is 4.29. The van der Waals surface area contributed by atoms with Gasteiger partial charge < -0.3 is 24.3 Å². The SMILES string of the molecule is COc1ccc(NCC(C)(C)c2ccc(OC)c(OC)c2)cc1OC. The molecule has 0 saturated carbocycles. The molecular weight excluding hydrogens is 318 g/mol. The molecule has 2 aromatic rings. The average Bonchev–Trinajstić information content (AvgIpc) is 2.65. The van der Waals surface area contributed by atoms with Crippen LogP contribution < -0.4 is 24.3 Å². The van der Waals surface area contributed by atoms with Crippen molar-refractivity contribution >= 4 is 5.69 Å². The summed E-state index contributed by atoms with van der Waals surface area (Å²) >= 11 is 0. The molecule has 25 heavy (non-hydrogen) atoms. The number of benzene rings is 2. The third-order valence-electron chi connectivity index (χ3n) is 4.28. The van der Waals surface area contributed by atoms with Gasteiger partial charge in [-0.05, 0) is 29.8 Å². The third-order valence-corrected chi connectivity index (χ3v) is 4.28. The molecule has 0 atom stereocenters. The van der Waals surface area contributed by atoms with E-state index in [2.05, 4.69) is 25.2 Å². The van der Waals surface area contributed by atoms with Crippen LogP contribution in [0.1, 0.15) is 19.4 Å². The van der Waals surface area contributed by atoms with Gasteiger partial charge in [0.2, 0.25) is 0 Å². The second-order valence-electron chi connectivity index (χ2n) is 6.38. The van der Waals surface area contributed by atoms with E-state index < -0.39 is 0 Å². The first-order valence-electron chi connectivity index (χ1n) is 8.13. The zero-order valence-electron chi connectivity index (χ0n) is 15.8. The van der Waals surface area contributed by atoms with Crippen LogP contribution in [0, 0.1) is 0 Å². The van der Waals surface area contributed by atoms with Crippen molar-refractivity contribution in [3.05, 3.63) is 42.0 Å². The topological polar surface area (TPSA) is 49.0 Å². The smallest absolute Gasteiger partial charge is 0.162 e. The molecule has 0 spiro atoms. The summed E-state index contributed by atoms with van der Waals surface area (Å²) in [6.45, 7) is 5.11. The first-order valence-corrected chi connectivity index (χ1v) is 8.13. The first-order chi connectivity index (χ1) is 11.9. The Hall–Kier alpha value is -2.56. The van der Waals surface area contributed by atoms with Gasteiger partial charge >= 0.3 is 0 Å². The largest absolute Gasteiger partial charge is 0.493 e. The molecule has 5 nitrogen and oxygen atoms in total. The standard InChI is InChI=1S/C20H27NO4/c1-20(2,14-7-9-16(22-3)18(11-14)24-5)13-21-15-8-10-17(23-4)19(12-15)25-6/h7-12,21H,13H2,1-6H3. The number of anilines is 1. The second-order valence-corrected chi connectivity index (χ2v) is 6.38. The Bertz CT molecular complexity index is 713. The molecule has 0 amide bonds. The van der Waals surface area contributed by atoms with Crippen LogP contribution in [0.3, 0.4) is 0 Å². The normalized spacial score (nSPS) is 11.0. The van der Waals surface area contributed by atoms with Gasteiger partial charge in [0.1, 0.15) is 0 Å². The molecule has 2 rings (SSSR count). The molecule has 0 aromatic heterocycles. The highest BCUT2D eigenvalue weighted by Gasteiger charge is 2.22. The molecular formula is C20H27NO4. The van der Waals surface area contributed by atoms with Gasteiger partial charge in [-0.3, -0.25) is 0 Å². The molecule has 0 aliphatic heterocycles. The molecule has 0 radical (unpaired) electrons. The van der Waals surface area contributed by atoms with Crippen molar-refractivity contribution in [1.82, 2.24) is 0 Å². The second kappa shape index (κ2) is 8.01. The molecule has 1 N–H and O–H groups in total. The Morgan fingerprint density at radius 3 is 1.80 bits per heavy atom. The number of hydrogen-bond acceptors (Lipinski definition) is 5. The van der Waals surface area contributed by atoms with Crippen LogP contribution in [-0.4, -0.2) is 35.0 Å². The average molecular weight is 345 g/mol. The highest BCUT2D eigenvalue weighted by Crippen LogP contribution is 2.34. The van der Waals surface area contributed by atoms with Gasteiger partial charge in [0.15, 0.2) is 23.0 Å². The Balaban J connectivity index is 2.16. The van der Waals surface area contributed by atoms with Gasteiger partial charge in [0, 0.05) is 23.7 Å². The van der Waals surface area contributed by atoms with Gasteiger partial charge in [0.05, 0.1) is 28.4 Å². The predicted molar refractivity (Wildman–Crippen MR) is 101 cm³/mol. The molecule has 0 fully saturated rings. The zero-order valence-corrected chi connectivity index (χ0v) is 15.8. The van der Waals surface area contributed by atoms with E-state index in [1.807, 2.05) is 30.3 Å². The van der Waals surface area contributed by atoms with Crippen molar-refractivity contribution in [2.75, 3.05) is 40.3 Å². The van der Waals surface area contributed by atoms with Gasteiger partial charge in [-0.15, -0.1) is 0 Å². The Labute approximate surface area is 149 Å². The van der Waals surface area contributed by atoms with Crippen molar-refractivity contribution in [1.29, 1.82) is 0 Å². The number of nitrogens with one attached hydrogen (secondary N) is 1. The number of ether oxygens (including phenoxy) is 4. The summed E-state index contributed by atoms with van der Waals surface area (Å²) < 4.78 is 21.4. The number of methoxy groups -OCH3 is 4. The molecule has 0 aliphatic rings. The minimum Gasteiger partial charge on any atom is -0.493 e. The summed E-state index contributed by atoms with van der Waals surface area (Å²) in [7, 11) is 6.55. The van der Waals surface area contributed by atoms with Crippen LogP contribution in [-0.2, 0) is 5.41 Å². The van der Waals surface area contributed by atoms with Crippen LogP contribution in [0.4, 0.5) is 5.69 Å². The monoisotopic (exact) mass is 345 g/mol. The van der Waals surface area contributed by atoms with Crippen LogP contribution in [0.25, 0.3) is 0 Å². The van der Waals surface area contributed by atoms with E-state index >= 15 is 0 Å². The Kier molecular flexibility index (Phi) is 6.02. The van der Waals surface area contributed by atoms with Crippen LogP contribution in [0.15, 0.2) is 36.4 Å². The van der Waals surface area contributed by atoms with Gasteiger partial charge in [0.25, 0.3) is 0 Å². The van der Waals surface area contributed by atoms with Gasteiger partial charge in [-0.1, -0.05) is 19.9 Å². The summed E-state index contributed by atoms with van der Waals surface area (Å²) in [6, 6.07) is 11.8. The summed E-state index contributed by atoms with van der Waals surface area (Å²) in [4.78, 5) is 0. The highest BCUT2D eigenvalue weighted by molar-refractivity contribution is 5.55. The summed E-state index contributed by atoms with van der Waals surface area (Å²) in [5, 5.41) is 3.47. The quantitative estimate of drug-likeness (QED) is 0.780. The Morgan fingerprint density at radius 1 is 0.720 bits per heavy atom. The van der Waals surface area contributed by atoms with Crippen molar-refractivity contribution in [2.24, 2.45) is 0 Å². The zero-order chi connectivity index (χ0) is 18.4. The molecule has 0 aliphatic carbocycles. The molecule has 5 heteroatoms. The Morgan fingerprint density at radius 2 is 1.24 bits per heavy atom. The van der Waals surface area contributed by atoms with Crippen molar-refractivity contribution in [2.45, 2.75) is 19.3 Å². The van der Waals surface area contributed by atoms with E-state index in [4.69, 9.17) is 18.9 Å². The van der Waals surface area contributed by atoms with E-state index in [0.29, 0.717) is 11.5 Å². The van der Waals surface area contributed by atoms with Gasteiger partial charge in [-0.25, -0.2) is 0 Å². The molecule has 0 bridgehead atoms.